The highest BCUT2D eigenvalue weighted by Gasteiger charge is 1.93. The van der Waals surface area contributed by atoms with Crippen molar-refractivity contribution in [2.75, 3.05) is 0 Å². The Labute approximate surface area is 86.6 Å². The summed E-state index contributed by atoms with van der Waals surface area (Å²) < 4.78 is 0. The highest BCUT2D eigenvalue weighted by atomic mass is 14.6. The fourth-order valence-corrected chi connectivity index (χ4v) is 1.40. The van der Waals surface area contributed by atoms with Crippen LogP contribution in [0.15, 0.2) is 36.4 Å². The van der Waals surface area contributed by atoms with Gasteiger partial charge in [-0.2, -0.15) is 0 Å². The van der Waals surface area contributed by atoms with E-state index < -0.39 is 0 Å². The quantitative estimate of drug-likeness (QED) is 0.704. The Hall–Kier alpha value is -1.24. The standard InChI is InChI=1S/C13H19N/c1-2-3-4-8-11-13(14)12-9-6-5-7-10-12/h5-7,9-11H,2-4,8,14H2,1H3/b13-11-. The molecule has 0 bridgehead atoms. The number of hydrogen-bond donors (Lipinski definition) is 1. The molecule has 14 heavy (non-hydrogen) atoms. The van der Waals surface area contributed by atoms with Gasteiger partial charge in [-0.15, -0.1) is 0 Å². The van der Waals surface area contributed by atoms with Gasteiger partial charge in [0, 0.05) is 5.70 Å². The van der Waals surface area contributed by atoms with E-state index in [4.69, 9.17) is 5.73 Å². The summed E-state index contributed by atoms with van der Waals surface area (Å²) in [5.74, 6) is 0. The maximum absolute atomic E-state index is 5.94. The lowest BCUT2D eigenvalue weighted by Gasteiger charge is -2.00. The van der Waals surface area contributed by atoms with Gasteiger partial charge in [0.1, 0.15) is 0 Å². The molecule has 1 aromatic rings. The largest absolute Gasteiger partial charge is 0.399 e. The number of benzene rings is 1. The molecule has 1 rings (SSSR count). The Morgan fingerprint density at radius 2 is 1.93 bits per heavy atom. The zero-order valence-electron chi connectivity index (χ0n) is 8.87. The maximum atomic E-state index is 5.94. The predicted octanol–water partition coefficient (Wildman–Crippen LogP) is 3.57. The van der Waals surface area contributed by atoms with Crippen molar-refractivity contribution in [3.8, 4) is 0 Å². The second-order valence-electron chi connectivity index (χ2n) is 3.52. The number of rotatable bonds is 5. The Morgan fingerprint density at radius 1 is 1.21 bits per heavy atom. The molecular weight excluding hydrogens is 170 g/mol. The van der Waals surface area contributed by atoms with E-state index in [0.29, 0.717) is 0 Å². The minimum Gasteiger partial charge on any atom is -0.399 e. The van der Waals surface area contributed by atoms with Gasteiger partial charge in [-0.25, -0.2) is 0 Å². The lowest BCUT2D eigenvalue weighted by molar-refractivity contribution is 0.729. The molecule has 0 aliphatic heterocycles. The monoisotopic (exact) mass is 189 g/mol. The molecule has 1 nitrogen and oxygen atoms in total. The fraction of sp³-hybridized carbons (Fsp3) is 0.385. The van der Waals surface area contributed by atoms with Crippen LogP contribution in [0.2, 0.25) is 0 Å². The number of allylic oxidation sites excluding steroid dienone is 1. The van der Waals surface area contributed by atoms with E-state index >= 15 is 0 Å². The molecule has 0 atom stereocenters. The summed E-state index contributed by atoms with van der Waals surface area (Å²) in [6, 6.07) is 10.1. The molecule has 0 aliphatic rings. The predicted molar refractivity (Wildman–Crippen MR) is 62.7 cm³/mol. The second-order valence-corrected chi connectivity index (χ2v) is 3.52. The van der Waals surface area contributed by atoms with Gasteiger partial charge in [0.2, 0.25) is 0 Å². The van der Waals surface area contributed by atoms with Crippen molar-refractivity contribution in [3.05, 3.63) is 42.0 Å². The first kappa shape index (κ1) is 10.8. The van der Waals surface area contributed by atoms with Gasteiger partial charge in [0.15, 0.2) is 0 Å². The van der Waals surface area contributed by atoms with Crippen LogP contribution in [0.25, 0.3) is 5.70 Å². The van der Waals surface area contributed by atoms with Crippen LogP contribution in [0.5, 0.6) is 0 Å². The van der Waals surface area contributed by atoms with Crippen molar-refractivity contribution in [1.82, 2.24) is 0 Å². The van der Waals surface area contributed by atoms with Crippen LogP contribution >= 0.6 is 0 Å². The molecule has 0 unspecified atom stereocenters. The van der Waals surface area contributed by atoms with Gasteiger partial charge in [-0.1, -0.05) is 56.2 Å². The zero-order valence-corrected chi connectivity index (χ0v) is 8.87. The van der Waals surface area contributed by atoms with Crippen molar-refractivity contribution in [2.24, 2.45) is 5.73 Å². The third-order valence-corrected chi connectivity index (χ3v) is 2.28. The van der Waals surface area contributed by atoms with E-state index in [0.717, 1.165) is 17.7 Å². The van der Waals surface area contributed by atoms with Gasteiger partial charge in [0.05, 0.1) is 0 Å². The maximum Gasteiger partial charge on any atom is 0.0347 e. The number of hydrogen-bond acceptors (Lipinski definition) is 1. The molecular formula is C13H19N. The lowest BCUT2D eigenvalue weighted by atomic mass is 10.1. The molecule has 2 N–H and O–H groups in total. The van der Waals surface area contributed by atoms with E-state index in [-0.39, 0.29) is 0 Å². The van der Waals surface area contributed by atoms with Gasteiger partial charge < -0.3 is 5.73 Å². The third kappa shape index (κ3) is 3.65. The topological polar surface area (TPSA) is 26.0 Å². The smallest absolute Gasteiger partial charge is 0.0347 e. The fourth-order valence-electron chi connectivity index (χ4n) is 1.40. The van der Waals surface area contributed by atoms with Crippen molar-refractivity contribution >= 4 is 5.70 Å². The second kappa shape index (κ2) is 6.25. The van der Waals surface area contributed by atoms with Crippen LogP contribution in [-0.4, -0.2) is 0 Å². The first-order valence-electron chi connectivity index (χ1n) is 5.35. The summed E-state index contributed by atoms with van der Waals surface area (Å²) >= 11 is 0. The molecule has 0 spiro atoms. The molecule has 76 valence electrons. The van der Waals surface area contributed by atoms with E-state index in [2.05, 4.69) is 13.0 Å². The van der Waals surface area contributed by atoms with Crippen LogP contribution in [-0.2, 0) is 0 Å². The van der Waals surface area contributed by atoms with Crippen molar-refractivity contribution in [2.45, 2.75) is 32.6 Å². The summed E-state index contributed by atoms with van der Waals surface area (Å²) in [6.45, 7) is 2.21. The first-order chi connectivity index (χ1) is 6.84. The number of nitrogens with two attached hydrogens (primary N) is 1. The molecule has 0 heterocycles. The van der Waals surface area contributed by atoms with Crippen LogP contribution in [0.1, 0.15) is 38.2 Å². The molecule has 1 aromatic carbocycles. The van der Waals surface area contributed by atoms with E-state index in [1.54, 1.807) is 0 Å². The minimum absolute atomic E-state index is 0.904. The van der Waals surface area contributed by atoms with E-state index in [9.17, 15) is 0 Å². The van der Waals surface area contributed by atoms with E-state index in [1.165, 1.54) is 19.3 Å². The lowest BCUT2D eigenvalue weighted by Crippen LogP contribution is -1.95. The Kier molecular flexibility index (Phi) is 4.84. The SMILES string of the molecule is CCCCC/C=C(\N)c1ccccc1. The Morgan fingerprint density at radius 3 is 2.57 bits per heavy atom. The van der Waals surface area contributed by atoms with Crippen molar-refractivity contribution in [3.63, 3.8) is 0 Å². The third-order valence-electron chi connectivity index (χ3n) is 2.28. The van der Waals surface area contributed by atoms with Crippen LogP contribution in [0, 0.1) is 0 Å². The molecule has 0 amide bonds. The van der Waals surface area contributed by atoms with Crippen molar-refractivity contribution < 1.29 is 0 Å². The Bertz CT molecular complexity index is 275. The highest BCUT2D eigenvalue weighted by Crippen LogP contribution is 2.10. The summed E-state index contributed by atoms with van der Waals surface area (Å²) in [5, 5.41) is 0. The summed E-state index contributed by atoms with van der Waals surface area (Å²) in [6.07, 6.45) is 7.02. The summed E-state index contributed by atoms with van der Waals surface area (Å²) in [5.41, 5.74) is 7.97. The average Bonchev–Trinajstić information content (AvgIpc) is 2.25. The molecule has 0 saturated heterocycles. The highest BCUT2D eigenvalue weighted by molar-refractivity contribution is 5.62. The van der Waals surface area contributed by atoms with Gasteiger partial charge in [0.25, 0.3) is 0 Å². The molecule has 0 aromatic heterocycles. The summed E-state index contributed by atoms with van der Waals surface area (Å²) in [7, 11) is 0. The summed E-state index contributed by atoms with van der Waals surface area (Å²) in [4.78, 5) is 0. The van der Waals surface area contributed by atoms with Crippen molar-refractivity contribution in [1.29, 1.82) is 0 Å². The van der Waals surface area contributed by atoms with Crippen LogP contribution in [0.4, 0.5) is 0 Å². The molecule has 0 saturated carbocycles. The molecule has 0 radical (unpaired) electrons. The number of unbranched alkanes of at least 4 members (excludes halogenated alkanes) is 3. The van der Waals surface area contributed by atoms with Gasteiger partial charge in [-0.3, -0.25) is 0 Å². The zero-order chi connectivity index (χ0) is 10.2. The van der Waals surface area contributed by atoms with Crippen LogP contribution in [0.3, 0.4) is 0 Å². The first-order valence-corrected chi connectivity index (χ1v) is 5.35. The van der Waals surface area contributed by atoms with Gasteiger partial charge in [-0.05, 0) is 18.4 Å². The van der Waals surface area contributed by atoms with Crippen LogP contribution < -0.4 is 5.73 Å². The normalized spacial score (nSPS) is 11.6. The van der Waals surface area contributed by atoms with Gasteiger partial charge >= 0.3 is 0 Å². The molecule has 1 heteroatoms. The molecule has 0 aliphatic carbocycles. The molecule has 0 fully saturated rings. The minimum atomic E-state index is 0.904. The average molecular weight is 189 g/mol. The Balaban J connectivity index is 2.44. The van der Waals surface area contributed by atoms with E-state index in [1.807, 2.05) is 30.3 Å².